The number of nitrogens with one attached hydrogen (secondary N) is 2. The first-order valence-electron chi connectivity index (χ1n) is 8.31. The molecule has 0 saturated carbocycles. The van der Waals surface area contributed by atoms with Crippen molar-refractivity contribution in [2.45, 2.75) is 18.9 Å². The van der Waals surface area contributed by atoms with Gasteiger partial charge in [0.15, 0.2) is 0 Å². The number of carbonyl (C=O) groups is 2. The monoisotopic (exact) mass is 347 g/mol. The van der Waals surface area contributed by atoms with Crippen molar-refractivity contribution < 1.29 is 14.5 Å². The van der Waals surface area contributed by atoms with Crippen LogP contribution in [0.4, 0.5) is 16.2 Å². The van der Waals surface area contributed by atoms with Crippen molar-refractivity contribution in [2.75, 3.05) is 38.1 Å². The molecule has 3 rings (SSSR count). The number of urea groups is 1. The van der Waals surface area contributed by atoms with E-state index in [4.69, 9.17) is 0 Å². The number of amides is 3. The quantitative estimate of drug-likeness (QED) is 0.623. The Morgan fingerprint density at radius 1 is 1.40 bits per heavy atom. The van der Waals surface area contributed by atoms with Crippen molar-refractivity contribution in [1.29, 1.82) is 0 Å². The molecule has 2 aliphatic rings. The number of nitro groups is 1. The topological polar surface area (TPSA) is 108 Å². The van der Waals surface area contributed by atoms with Gasteiger partial charge in [-0.1, -0.05) is 0 Å². The minimum Gasteiger partial charge on any atom is -0.369 e. The normalized spacial score (nSPS) is 20.4. The van der Waals surface area contributed by atoms with Gasteiger partial charge in [-0.05, 0) is 18.9 Å². The van der Waals surface area contributed by atoms with Crippen molar-refractivity contribution in [3.8, 4) is 0 Å². The molecule has 2 N–H and O–H groups in total. The van der Waals surface area contributed by atoms with E-state index in [1.807, 2.05) is 9.80 Å². The van der Waals surface area contributed by atoms with Gasteiger partial charge in [0.1, 0.15) is 0 Å². The number of nitro benzene ring substituents is 1. The number of non-ortho nitro benzene ring substituents is 1. The standard InChI is InChI=1S/C16H21N5O4/c1-17-15(22)13-9-11(21(24)25)4-5-14(13)19-7-2-3-12(10-19)20-8-6-18-16(20)23/h4-5,9,12H,2-3,6-8,10H2,1H3,(H,17,22)(H,18,23). The van der Waals surface area contributed by atoms with E-state index in [-0.39, 0.29) is 29.2 Å². The average molecular weight is 347 g/mol. The summed E-state index contributed by atoms with van der Waals surface area (Å²) in [7, 11) is 1.50. The minimum absolute atomic E-state index is 0.0536. The van der Waals surface area contributed by atoms with Gasteiger partial charge in [0.25, 0.3) is 11.6 Å². The molecule has 9 nitrogen and oxygen atoms in total. The molecule has 2 fully saturated rings. The van der Waals surface area contributed by atoms with Crippen molar-refractivity contribution in [1.82, 2.24) is 15.5 Å². The molecule has 2 heterocycles. The van der Waals surface area contributed by atoms with Crippen LogP contribution in [-0.2, 0) is 0 Å². The maximum absolute atomic E-state index is 12.2. The molecular weight excluding hydrogens is 326 g/mol. The smallest absolute Gasteiger partial charge is 0.317 e. The van der Waals surface area contributed by atoms with E-state index in [9.17, 15) is 19.7 Å². The Balaban J connectivity index is 1.88. The zero-order valence-electron chi connectivity index (χ0n) is 14.0. The summed E-state index contributed by atoms with van der Waals surface area (Å²) >= 11 is 0. The molecule has 1 aromatic carbocycles. The summed E-state index contributed by atoms with van der Waals surface area (Å²) in [5, 5.41) is 16.4. The SMILES string of the molecule is CNC(=O)c1cc([N+](=O)[O-])ccc1N1CCCC(N2CCNC2=O)C1. The average Bonchev–Trinajstić information content (AvgIpc) is 3.06. The molecule has 0 aliphatic carbocycles. The van der Waals surface area contributed by atoms with Crippen LogP contribution < -0.4 is 15.5 Å². The van der Waals surface area contributed by atoms with E-state index in [0.29, 0.717) is 25.3 Å². The van der Waals surface area contributed by atoms with Gasteiger partial charge in [-0.3, -0.25) is 14.9 Å². The highest BCUT2D eigenvalue weighted by atomic mass is 16.6. The van der Waals surface area contributed by atoms with Gasteiger partial charge >= 0.3 is 6.03 Å². The lowest BCUT2D eigenvalue weighted by Crippen LogP contribution is -2.49. The maximum Gasteiger partial charge on any atom is 0.317 e. The van der Waals surface area contributed by atoms with Gasteiger partial charge in [0.2, 0.25) is 0 Å². The third-order valence-corrected chi connectivity index (χ3v) is 4.73. The van der Waals surface area contributed by atoms with E-state index in [0.717, 1.165) is 19.4 Å². The summed E-state index contributed by atoms with van der Waals surface area (Å²) in [4.78, 5) is 38.5. The predicted octanol–water partition coefficient (Wildman–Crippen LogP) is 0.948. The molecule has 0 radical (unpaired) electrons. The molecule has 134 valence electrons. The lowest BCUT2D eigenvalue weighted by atomic mass is 10.0. The number of hydrogen-bond donors (Lipinski definition) is 2. The van der Waals surface area contributed by atoms with Gasteiger partial charge < -0.3 is 20.4 Å². The van der Waals surface area contributed by atoms with Crippen LogP contribution in [0.2, 0.25) is 0 Å². The summed E-state index contributed by atoms with van der Waals surface area (Å²) in [5.74, 6) is -0.361. The Morgan fingerprint density at radius 2 is 2.20 bits per heavy atom. The Labute approximate surface area is 145 Å². The molecule has 0 aromatic heterocycles. The molecule has 25 heavy (non-hydrogen) atoms. The molecular formula is C16H21N5O4. The second-order valence-electron chi connectivity index (χ2n) is 6.21. The van der Waals surface area contributed by atoms with E-state index < -0.39 is 4.92 Å². The summed E-state index contributed by atoms with van der Waals surface area (Å²) in [6.45, 7) is 2.68. The van der Waals surface area contributed by atoms with E-state index >= 15 is 0 Å². The number of carbonyl (C=O) groups excluding carboxylic acids is 2. The largest absolute Gasteiger partial charge is 0.369 e. The fourth-order valence-electron chi connectivity index (χ4n) is 3.49. The predicted molar refractivity (Wildman–Crippen MR) is 91.8 cm³/mol. The first-order chi connectivity index (χ1) is 12.0. The Morgan fingerprint density at radius 3 is 2.84 bits per heavy atom. The molecule has 2 saturated heterocycles. The Hall–Kier alpha value is -2.84. The van der Waals surface area contributed by atoms with Crippen molar-refractivity contribution in [3.63, 3.8) is 0 Å². The van der Waals surface area contributed by atoms with Crippen LogP contribution in [0.3, 0.4) is 0 Å². The van der Waals surface area contributed by atoms with Gasteiger partial charge in [0.05, 0.1) is 22.2 Å². The third-order valence-electron chi connectivity index (χ3n) is 4.73. The fourth-order valence-corrected chi connectivity index (χ4v) is 3.49. The molecule has 9 heteroatoms. The van der Waals surface area contributed by atoms with Gasteiger partial charge in [-0.25, -0.2) is 4.79 Å². The van der Waals surface area contributed by atoms with Gasteiger partial charge in [0, 0.05) is 45.4 Å². The maximum atomic E-state index is 12.2. The number of hydrogen-bond acceptors (Lipinski definition) is 5. The zero-order chi connectivity index (χ0) is 18.0. The van der Waals surface area contributed by atoms with E-state index in [1.54, 1.807) is 6.07 Å². The highest BCUT2D eigenvalue weighted by Gasteiger charge is 2.32. The number of benzene rings is 1. The highest BCUT2D eigenvalue weighted by Crippen LogP contribution is 2.29. The number of nitrogens with zero attached hydrogens (tertiary/aromatic N) is 3. The van der Waals surface area contributed by atoms with E-state index in [2.05, 4.69) is 10.6 Å². The first-order valence-corrected chi connectivity index (χ1v) is 8.31. The van der Waals surface area contributed by atoms with Crippen molar-refractivity contribution >= 4 is 23.3 Å². The van der Waals surface area contributed by atoms with Crippen LogP contribution in [0.15, 0.2) is 18.2 Å². The van der Waals surface area contributed by atoms with Crippen LogP contribution >= 0.6 is 0 Å². The minimum atomic E-state index is -0.510. The Bertz CT molecular complexity index is 708. The summed E-state index contributed by atoms with van der Waals surface area (Å²) < 4.78 is 0. The second kappa shape index (κ2) is 6.96. The summed E-state index contributed by atoms with van der Waals surface area (Å²) in [5.41, 5.74) is 0.826. The zero-order valence-corrected chi connectivity index (χ0v) is 14.0. The van der Waals surface area contributed by atoms with Crippen molar-refractivity contribution in [3.05, 3.63) is 33.9 Å². The van der Waals surface area contributed by atoms with Gasteiger partial charge in [-0.15, -0.1) is 0 Å². The Kier molecular flexibility index (Phi) is 4.73. The summed E-state index contributed by atoms with van der Waals surface area (Å²) in [6, 6.07) is 4.36. The molecule has 3 amide bonds. The third kappa shape index (κ3) is 3.35. The van der Waals surface area contributed by atoms with Crippen molar-refractivity contribution in [2.24, 2.45) is 0 Å². The van der Waals surface area contributed by atoms with Crippen LogP contribution in [0.1, 0.15) is 23.2 Å². The number of anilines is 1. The lowest BCUT2D eigenvalue weighted by Gasteiger charge is -2.38. The molecule has 1 atom stereocenters. The van der Waals surface area contributed by atoms with Crippen LogP contribution in [-0.4, -0.2) is 61.0 Å². The fraction of sp³-hybridized carbons (Fsp3) is 0.500. The molecule has 1 aromatic rings. The summed E-state index contributed by atoms with van der Waals surface area (Å²) in [6.07, 6.45) is 1.80. The molecule has 0 bridgehead atoms. The molecule has 1 unspecified atom stereocenters. The molecule has 0 spiro atoms. The van der Waals surface area contributed by atoms with E-state index in [1.165, 1.54) is 19.2 Å². The number of rotatable bonds is 4. The highest BCUT2D eigenvalue weighted by molar-refractivity contribution is 6.00. The van der Waals surface area contributed by atoms with Crippen LogP contribution in [0.5, 0.6) is 0 Å². The number of piperidine rings is 1. The molecule has 2 aliphatic heterocycles. The van der Waals surface area contributed by atoms with Crippen LogP contribution in [0.25, 0.3) is 0 Å². The second-order valence-corrected chi connectivity index (χ2v) is 6.21. The lowest BCUT2D eigenvalue weighted by molar-refractivity contribution is -0.384. The first kappa shape index (κ1) is 17.0. The van der Waals surface area contributed by atoms with Gasteiger partial charge in [-0.2, -0.15) is 0 Å². The van der Waals surface area contributed by atoms with Crippen LogP contribution in [0, 0.1) is 10.1 Å².